The number of hydrogen-bond donors (Lipinski definition) is 0. The van der Waals surface area contributed by atoms with E-state index in [1.54, 1.807) is 21.3 Å². The summed E-state index contributed by atoms with van der Waals surface area (Å²) in [5.74, 6) is 0. The van der Waals surface area contributed by atoms with Crippen LogP contribution in [0, 0.1) is 5.41 Å². The van der Waals surface area contributed by atoms with Gasteiger partial charge in [-0.25, -0.2) is 0 Å². The molecular formula is C13H28O4Si. The third-order valence-corrected chi connectivity index (χ3v) is 8.68. The molecule has 1 aliphatic rings. The highest BCUT2D eigenvalue weighted by Crippen LogP contribution is 2.49. The summed E-state index contributed by atoms with van der Waals surface area (Å²) in [5.41, 5.74) is 0.677. The van der Waals surface area contributed by atoms with Gasteiger partial charge in [-0.2, -0.15) is 0 Å². The quantitative estimate of drug-likeness (QED) is 0.479. The second-order valence-electron chi connectivity index (χ2n) is 5.41. The largest absolute Gasteiger partial charge is 0.397 e. The third-order valence-electron chi connectivity index (χ3n) is 4.26. The Morgan fingerprint density at radius 2 is 1.83 bits per heavy atom. The van der Waals surface area contributed by atoms with Crippen LogP contribution in [0.5, 0.6) is 0 Å². The van der Waals surface area contributed by atoms with Crippen LogP contribution in [-0.4, -0.2) is 49.7 Å². The molecule has 0 saturated carbocycles. The fraction of sp³-hybridized carbons (Fsp3) is 1.00. The summed E-state index contributed by atoms with van der Waals surface area (Å²) < 4.78 is 22.3. The predicted molar refractivity (Wildman–Crippen MR) is 74.0 cm³/mol. The van der Waals surface area contributed by atoms with Gasteiger partial charge in [0.15, 0.2) is 0 Å². The Morgan fingerprint density at radius 3 is 2.17 bits per heavy atom. The lowest BCUT2D eigenvalue weighted by atomic mass is 9.82. The minimum atomic E-state index is -2.14. The number of hydrogen-bond acceptors (Lipinski definition) is 4. The van der Waals surface area contributed by atoms with E-state index < -0.39 is 8.56 Å². The highest BCUT2D eigenvalue weighted by Gasteiger charge is 2.54. The van der Waals surface area contributed by atoms with Crippen LogP contribution in [0.3, 0.4) is 0 Å². The van der Waals surface area contributed by atoms with E-state index in [1.165, 1.54) is 0 Å². The topological polar surface area (TPSA) is 36.9 Å². The normalized spacial score (nSPS) is 20.5. The molecule has 1 fully saturated rings. The smallest absolute Gasteiger partial charge is 0.341 e. The second kappa shape index (κ2) is 7.00. The molecule has 1 aliphatic heterocycles. The maximum absolute atomic E-state index is 5.87. The molecule has 0 amide bonds. The van der Waals surface area contributed by atoms with Crippen LogP contribution in [0.25, 0.3) is 0 Å². The number of ether oxygens (including phenoxy) is 2. The van der Waals surface area contributed by atoms with Crippen molar-refractivity contribution in [3.05, 3.63) is 0 Å². The zero-order chi connectivity index (χ0) is 13.6. The molecular weight excluding hydrogens is 248 g/mol. The van der Waals surface area contributed by atoms with Gasteiger partial charge in [0.05, 0.1) is 13.2 Å². The average molecular weight is 276 g/mol. The molecule has 0 bridgehead atoms. The van der Waals surface area contributed by atoms with Crippen molar-refractivity contribution in [2.75, 3.05) is 41.2 Å². The molecule has 1 unspecified atom stereocenters. The maximum Gasteiger partial charge on any atom is 0.341 e. The molecule has 0 aromatic rings. The molecule has 1 heterocycles. The highest BCUT2D eigenvalue weighted by atomic mass is 28.4. The van der Waals surface area contributed by atoms with Crippen molar-refractivity contribution < 1.29 is 18.3 Å². The molecule has 0 aromatic heterocycles. The van der Waals surface area contributed by atoms with E-state index in [2.05, 4.69) is 13.8 Å². The summed E-state index contributed by atoms with van der Waals surface area (Å²) in [7, 11) is 3.21. The van der Waals surface area contributed by atoms with E-state index in [9.17, 15) is 0 Å². The van der Waals surface area contributed by atoms with Crippen molar-refractivity contribution in [3.63, 3.8) is 0 Å². The molecule has 0 spiro atoms. The predicted octanol–water partition coefficient (Wildman–Crippen LogP) is 2.57. The van der Waals surface area contributed by atoms with Gasteiger partial charge in [-0.05, 0) is 18.9 Å². The van der Waals surface area contributed by atoms with Crippen molar-refractivity contribution in [3.8, 4) is 0 Å². The summed E-state index contributed by atoms with van der Waals surface area (Å²) in [6, 6.07) is 0.979. The average Bonchev–Trinajstić information content (AvgIpc) is 2.36. The molecule has 108 valence electrons. The Balaban J connectivity index is 2.80. The van der Waals surface area contributed by atoms with Gasteiger partial charge in [0.25, 0.3) is 0 Å². The zero-order valence-electron chi connectivity index (χ0n) is 12.5. The van der Waals surface area contributed by atoms with E-state index in [4.69, 9.17) is 18.3 Å². The summed E-state index contributed by atoms with van der Waals surface area (Å²) in [6.07, 6.45) is 2.15. The van der Waals surface area contributed by atoms with Crippen LogP contribution in [0.4, 0.5) is 0 Å². The first-order valence-electron chi connectivity index (χ1n) is 6.75. The molecule has 0 aromatic carbocycles. The molecule has 5 heteroatoms. The molecule has 1 rings (SSSR count). The summed E-state index contributed by atoms with van der Waals surface area (Å²) in [6.45, 7) is 6.92. The first-order chi connectivity index (χ1) is 8.58. The van der Waals surface area contributed by atoms with Gasteiger partial charge in [-0.15, -0.1) is 0 Å². The Kier molecular flexibility index (Phi) is 6.27. The van der Waals surface area contributed by atoms with Gasteiger partial charge in [0.1, 0.15) is 0 Å². The van der Waals surface area contributed by atoms with E-state index in [0.29, 0.717) is 5.54 Å². The summed E-state index contributed by atoms with van der Waals surface area (Å²) in [4.78, 5) is 0. The van der Waals surface area contributed by atoms with E-state index in [1.807, 2.05) is 0 Å². The summed E-state index contributed by atoms with van der Waals surface area (Å²) in [5, 5.41) is 0. The van der Waals surface area contributed by atoms with E-state index in [0.717, 1.165) is 38.7 Å². The molecule has 1 saturated heterocycles. The van der Waals surface area contributed by atoms with Gasteiger partial charge in [0.2, 0.25) is 0 Å². The van der Waals surface area contributed by atoms with E-state index in [-0.39, 0.29) is 5.41 Å². The number of methoxy groups -OCH3 is 1. The zero-order valence-corrected chi connectivity index (χ0v) is 13.5. The first kappa shape index (κ1) is 16.1. The fourth-order valence-electron chi connectivity index (χ4n) is 3.06. The molecule has 0 radical (unpaired) electrons. The van der Waals surface area contributed by atoms with Crippen LogP contribution in [0.15, 0.2) is 0 Å². The van der Waals surface area contributed by atoms with Gasteiger partial charge in [-0.1, -0.05) is 13.8 Å². The molecule has 0 N–H and O–H groups in total. The minimum Gasteiger partial charge on any atom is -0.397 e. The third kappa shape index (κ3) is 3.14. The van der Waals surface area contributed by atoms with Crippen molar-refractivity contribution in [1.82, 2.24) is 0 Å². The Labute approximate surface area is 112 Å². The van der Waals surface area contributed by atoms with Crippen molar-refractivity contribution >= 4 is 8.56 Å². The van der Waals surface area contributed by atoms with Crippen LogP contribution in [-0.2, 0) is 18.3 Å². The lowest BCUT2D eigenvalue weighted by molar-refractivity contribution is -0.113. The van der Waals surface area contributed by atoms with Gasteiger partial charge in [0, 0.05) is 38.9 Å². The highest BCUT2D eigenvalue weighted by molar-refractivity contribution is 6.69. The second-order valence-corrected chi connectivity index (χ2v) is 9.25. The van der Waals surface area contributed by atoms with Crippen LogP contribution in [0.1, 0.15) is 26.7 Å². The standard InChI is InChI=1S/C13H28O4Si/c1-6-18(15-4,16-5)12(8-7-9-14-3)13(2)10-17-11-13/h12H,6-11H2,1-5H3. The Morgan fingerprint density at radius 1 is 1.22 bits per heavy atom. The van der Waals surface area contributed by atoms with Crippen LogP contribution < -0.4 is 0 Å². The van der Waals surface area contributed by atoms with Gasteiger partial charge < -0.3 is 18.3 Å². The SMILES string of the molecule is CC[Si](OC)(OC)C(CCCOC)C1(C)COC1. The molecule has 1 atom stereocenters. The van der Waals surface area contributed by atoms with Crippen LogP contribution in [0.2, 0.25) is 11.6 Å². The van der Waals surface area contributed by atoms with Crippen molar-refractivity contribution in [1.29, 1.82) is 0 Å². The Hall–Kier alpha value is 0.0569. The molecule has 0 aliphatic carbocycles. The van der Waals surface area contributed by atoms with Gasteiger partial charge >= 0.3 is 8.56 Å². The lowest BCUT2D eigenvalue weighted by Gasteiger charge is -2.50. The van der Waals surface area contributed by atoms with Crippen molar-refractivity contribution in [2.24, 2.45) is 5.41 Å². The monoisotopic (exact) mass is 276 g/mol. The first-order valence-corrected chi connectivity index (χ1v) is 8.85. The Bertz CT molecular complexity index is 231. The molecule has 18 heavy (non-hydrogen) atoms. The maximum atomic E-state index is 5.87. The number of rotatable bonds is 9. The van der Waals surface area contributed by atoms with Gasteiger partial charge in [-0.3, -0.25) is 0 Å². The summed E-state index contributed by atoms with van der Waals surface area (Å²) >= 11 is 0. The lowest BCUT2D eigenvalue weighted by Crippen LogP contribution is -2.56. The van der Waals surface area contributed by atoms with Crippen LogP contribution >= 0.6 is 0 Å². The minimum absolute atomic E-state index is 0.210. The van der Waals surface area contributed by atoms with E-state index >= 15 is 0 Å². The molecule has 4 nitrogen and oxygen atoms in total. The van der Waals surface area contributed by atoms with Crippen molar-refractivity contribution in [2.45, 2.75) is 38.3 Å². The fourth-order valence-corrected chi connectivity index (χ4v) is 6.74.